The van der Waals surface area contributed by atoms with Crippen LogP contribution < -0.4 is 4.72 Å². The number of likely N-dealkylation sites (N-methyl/N-ethyl adjacent to an activating group) is 1. The monoisotopic (exact) mass is 490 g/mol. The molecule has 0 aromatic heterocycles. The third kappa shape index (κ3) is 7.28. The maximum atomic E-state index is 12.9. The van der Waals surface area contributed by atoms with Gasteiger partial charge in [-0.25, -0.2) is 8.42 Å². The second-order valence-corrected chi connectivity index (χ2v) is 10.5. The SMILES string of the molecule is CN(C)CCN(Cc1ccc(Cl)cc1)C(=O)CCCCCN=C1NS(=O)(=O)c2ccccc21. The molecule has 0 fully saturated rings. The minimum atomic E-state index is -3.50. The predicted octanol–water partition coefficient (Wildman–Crippen LogP) is 3.53. The molecule has 1 aliphatic rings. The molecule has 2 aromatic carbocycles. The minimum absolute atomic E-state index is 0.135. The Kier molecular flexibility index (Phi) is 8.88. The third-order valence-corrected chi connectivity index (χ3v) is 7.09. The molecule has 0 radical (unpaired) electrons. The molecule has 0 unspecified atom stereocenters. The fourth-order valence-corrected chi connectivity index (χ4v) is 4.96. The number of carbonyl (C=O) groups excluding carboxylic acids is 1. The lowest BCUT2D eigenvalue weighted by atomic mass is 10.1. The summed E-state index contributed by atoms with van der Waals surface area (Å²) >= 11 is 5.97. The molecular formula is C24H31ClN4O3S. The molecule has 33 heavy (non-hydrogen) atoms. The first-order valence-corrected chi connectivity index (χ1v) is 13.0. The minimum Gasteiger partial charge on any atom is -0.337 e. The third-order valence-electron chi connectivity index (χ3n) is 5.44. The smallest absolute Gasteiger partial charge is 0.263 e. The van der Waals surface area contributed by atoms with E-state index < -0.39 is 10.0 Å². The molecule has 0 saturated carbocycles. The Labute approximate surface area is 201 Å². The van der Waals surface area contributed by atoms with Crippen LogP contribution in [0.1, 0.15) is 36.8 Å². The molecule has 0 bridgehead atoms. The Morgan fingerprint density at radius 2 is 1.73 bits per heavy atom. The van der Waals surface area contributed by atoms with Gasteiger partial charge < -0.3 is 9.80 Å². The number of rotatable bonds is 11. The van der Waals surface area contributed by atoms with Crippen molar-refractivity contribution >= 4 is 33.4 Å². The summed E-state index contributed by atoms with van der Waals surface area (Å²) in [5.41, 5.74) is 1.67. The van der Waals surface area contributed by atoms with Crippen LogP contribution in [0.4, 0.5) is 0 Å². The Bertz CT molecular complexity index is 1090. The predicted molar refractivity (Wildman–Crippen MR) is 132 cm³/mol. The van der Waals surface area contributed by atoms with Crippen molar-refractivity contribution in [2.75, 3.05) is 33.7 Å². The first kappa shape index (κ1) is 25.2. The lowest BCUT2D eigenvalue weighted by Crippen LogP contribution is -2.36. The van der Waals surface area contributed by atoms with E-state index in [4.69, 9.17) is 11.6 Å². The Morgan fingerprint density at radius 3 is 2.45 bits per heavy atom. The van der Waals surface area contributed by atoms with E-state index in [1.165, 1.54) is 0 Å². The second-order valence-electron chi connectivity index (χ2n) is 8.39. The number of sulfonamides is 1. The van der Waals surface area contributed by atoms with Crippen molar-refractivity contribution < 1.29 is 13.2 Å². The van der Waals surface area contributed by atoms with Gasteiger partial charge in [0.25, 0.3) is 10.0 Å². The van der Waals surface area contributed by atoms with Gasteiger partial charge in [-0.3, -0.25) is 14.5 Å². The maximum Gasteiger partial charge on any atom is 0.263 e. The standard InChI is InChI=1S/C24H31ClN4O3S/c1-28(2)16-17-29(18-19-11-13-20(25)14-12-19)23(30)10-4-3-7-15-26-24-21-8-5-6-9-22(21)33(31,32)27-24/h5-6,8-9,11-14H,3-4,7,10,15-18H2,1-2H3,(H,26,27). The van der Waals surface area contributed by atoms with Crippen LogP contribution in [0.2, 0.25) is 5.02 Å². The van der Waals surface area contributed by atoms with E-state index in [1.54, 1.807) is 24.3 Å². The maximum absolute atomic E-state index is 12.9. The Balaban J connectivity index is 1.46. The summed E-state index contributed by atoms with van der Waals surface area (Å²) in [6.45, 7) is 2.54. The number of unbranched alkanes of at least 4 members (excludes halogenated alkanes) is 2. The lowest BCUT2D eigenvalue weighted by molar-refractivity contribution is -0.132. The van der Waals surface area contributed by atoms with Crippen molar-refractivity contribution in [1.82, 2.24) is 14.5 Å². The van der Waals surface area contributed by atoms with Crippen molar-refractivity contribution in [1.29, 1.82) is 0 Å². The number of fused-ring (bicyclic) bond motifs is 1. The topological polar surface area (TPSA) is 82.1 Å². The zero-order valence-electron chi connectivity index (χ0n) is 19.1. The van der Waals surface area contributed by atoms with Crippen molar-refractivity contribution in [3.63, 3.8) is 0 Å². The van der Waals surface area contributed by atoms with E-state index in [0.717, 1.165) is 31.4 Å². The number of benzene rings is 2. The number of amides is 1. The van der Waals surface area contributed by atoms with E-state index in [-0.39, 0.29) is 10.8 Å². The number of amidine groups is 1. The second kappa shape index (κ2) is 11.6. The van der Waals surface area contributed by atoms with Crippen molar-refractivity contribution in [2.24, 2.45) is 4.99 Å². The van der Waals surface area contributed by atoms with Crippen LogP contribution in [0.5, 0.6) is 0 Å². The number of halogens is 1. The summed E-state index contributed by atoms with van der Waals surface area (Å²) in [5.74, 6) is 0.537. The van der Waals surface area contributed by atoms with Crippen LogP contribution in [0, 0.1) is 0 Å². The summed E-state index contributed by atoms with van der Waals surface area (Å²) < 4.78 is 26.8. The molecule has 178 valence electrons. The van der Waals surface area contributed by atoms with E-state index >= 15 is 0 Å². The first-order valence-electron chi connectivity index (χ1n) is 11.1. The molecule has 9 heteroatoms. The van der Waals surface area contributed by atoms with Crippen LogP contribution in [0.15, 0.2) is 58.4 Å². The number of aliphatic imine (C=N–C) groups is 1. The molecule has 0 atom stereocenters. The highest BCUT2D eigenvalue weighted by molar-refractivity contribution is 7.90. The highest BCUT2D eigenvalue weighted by Gasteiger charge is 2.29. The Morgan fingerprint density at radius 1 is 1.00 bits per heavy atom. The zero-order valence-corrected chi connectivity index (χ0v) is 20.7. The van der Waals surface area contributed by atoms with Gasteiger partial charge in [-0.1, -0.05) is 42.3 Å². The first-order chi connectivity index (χ1) is 15.8. The molecule has 0 aliphatic carbocycles. The van der Waals surface area contributed by atoms with E-state index in [9.17, 15) is 13.2 Å². The lowest BCUT2D eigenvalue weighted by Gasteiger charge is -2.25. The van der Waals surface area contributed by atoms with Gasteiger partial charge in [0.2, 0.25) is 5.91 Å². The molecule has 1 N–H and O–H groups in total. The molecular weight excluding hydrogens is 460 g/mol. The van der Waals surface area contributed by atoms with Gasteiger partial charge in [-0.15, -0.1) is 0 Å². The molecule has 3 rings (SSSR count). The van der Waals surface area contributed by atoms with E-state index in [0.29, 0.717) is 42.5 Å². The molecule has 1 aliphatic heterocycles. The van der Waals surface area contributed by atoms with Crippen molar-refractivity contribution in [3.05, 3.63) is 64.7 Å². The Hall–Kier alpha value is -2.42. The number of nitrogens with one attached hydrogen (secondary N) is 1. The fourth-order valence-electron chi connectivity index (χ4n) is 3.59. The molecule has 1 heterocycles. The quantitative estimate of drug-likeness (QED) is 0.488. The average Bonchev–Trinajstić information content (AvgIpc) is 3.05. The van der Waals surface area contributed by atoms with Gasteiger partial charge in [-0.05, 0) is 56.8 Å². The fraction of sp³-hybridized carbons (Fsp3) is 0.417. The van der Waals surface area contributed by atoms with Gasteiger partial charge in [0.05, 0.1) is 4.90 Å². The summed E-state index contributed by atoms with van der Waals surface area (Å²) in [7, 11) is 0.486. The van der Waals surface area contributed by atoms with Crippen molar-refractivity contribution in [2.45, 2.75) is 37.1 Å². The van der Waals surface area contributed by atoms with E-state index in [2.05, 4.69) is 14.6 Å². The van der Waals surface area contributed by atoms with Crippen LogP contribution in [-0.2, 0) is 21.4 Å². The average molecular weight is 491 g/mol. The summed E-state index contributed by atoms with van der Waals surface area (Å²) in [5, 5.41) is 0.683. The van der Waals surface area contributed by atoms with Gasteiger partial charge in [0.1, 0.15) is 5.84 Å². The number of carbonyl (C=O) groups is 1. The molecule has 1 amide bonds. The van der Waals surface area contributed by atoms with Gasteiger partial charge in [0, 0.05) is 43.2 Å². The molecule has 0 spiro atoms. The van der Waals surface area contributed by atoms with Gasteiger partial charge in [-0.2, -0.15) is 0 Å². The van der Waals surface area contributed by atoms with Crippen LogP contribution >= 0.6 is 11.6 Å². The zero-order chi connectivity index (χ0) is 23.8. The largest absolute Gasteiger partial charge is 0.337 e. The summed E-state index contributed by atoms with van der Waals surface area (Å²) in [6.07, 6.45) is 2.88. The molecule has 7 nitrogen and oxygen atoms in total. The summed E-state index contributed by atoms with van der Waals surface area (Å²) in [6, 6.07) is 14.4. The van der Waals surface area contributed by atoms with Gasteiger partial charge in [0.15, 0.2) is 0 Å². The molecule has 0 saturated heterocycles. The van der Waals surface area contributed by atoms with Crippen LogP contribution in [0.25, 0.3) is 0 Å². The number of hydrogen-bond donors (Lipinski definition) is 1. The van der Waals surface area contributed by atoms with E-state index in [1.807, 2.05) is 43.3 Å². The van der Waals surface area contributed by atoms with Crippen molar-refractivity contribution in [3.8, 4) is 0 Å². The number of hydrogen-bond acceptors (Lipinski definition) is 5. The number of nitrogens with zero attached hydrogens (tertiary/aromatic N) is 3. The molecule has 2 aromatic rings. The highest BCUT2D eigenvalue weighted by Crippen LogP contribution is 2.22. The van der Waals surface area contributed by atoms with Crippen LogP contribution in [0.3, 0.4) is 0 Å². The van der Waals surface area contributed by atoms with Gasteiger partial charge >= 0.3 is 0 Å². The van der Waals surface area contributed by atoms with Crippen LogP contribution in [-0.4, -0.2) is 63.7 Å². The summed E-state index contributed by atoms with van der Waals surface area (Å²) in [4.78, 5) is 21.5. The highest BCUT2D eigenvalue weighted by atomic mass is 35.5. The normalized spacial score (nSPS) is 15.5.